The van der Waals surface area contributed by atoms with Gasteiger partial charge in [-0.3, -0.25) is 0 Å². The fraction of sp³-hybridized carbons (Fsp3) is 0.158. The Labute approximate surface area is 163 Å². The molecule has 0 saturated carbocycles. The third kappa shape index (κ3) is 4.97. The zero-order chi connectivity index (χ0) is 19.4. The van der Waals surface area contributed by atoms with Crippen molar-refractivity contribution in [1.29, 1.82) is 0 Å². The lowest BCUT2D eigenvalue weighted by Crippen LogP contribution is -2.09. The van der Waals surface area contributed by atoms with Gasteiger partial charge in [0, 0.05) is 33.6 Å². The van der Waals surface area contributed by atoms with Crippen LogP contribution in [0, 0.1) is 0 Å². The number of halogens is 5. The molecule has 27 heavy (non-hydrogen) atoms. The Kier molecular flexibility index (Phi) is 5.99. The SMILES string of the molecule is FC(F)(F)c1cccc(COC(c2cncnc2)c2ccc(Cl)cc2Cl)c1. The van der Waals surface area contributed by atoms with Gasteiger partial charge in [-0.15, -0.1) is 0 Å². The van der Waals surface area contributed by atoms with Crippen LogP contribution in [0.4, 0.5) is 13.2 Å². The minimum Gasteiger partial charge on any atom is -0.364 e. The molecule has 1 unspecified atom stereocenters. The summed E-state index contributed by atoms with van der Waals surface area (Å²) >= 11 is 12.2. The highest BCUT2D eigenvalue weighted by Gasteiger charge is 2.30. The molecule has 0 spiro atoms. The Morgan fingerprint density at radius 1 is 1.00 bits per heavy atom. The van der Waals surface area contributed by atoms with Gasteiger partial charge >= 0.3 is 6.18 Å². The van der Waals surface area contributed by atoms with Crippen molar-refractivity contribution < 1.29 is 17.9 Å². The van der Waals surface area contributed by atoms with Crippen molar-refractivity contribution in [3.05, 3.63) is 93.5 Å². The van der Waals surface area contributed by atoms with Crippen molar-refractivity contribution in [3.63, 3.8) is 0 Å². The molecule has 3 rings (SSSR count). The number of nitrogens with zero attached hydrogens (tertiary/aromatic N) is 2. The van der Waals surface area contributed by atoms with Gasteiger partial charge in [0.2, 0.25) is 0 Å². The highest BCUT2D eigenvalue weighted by atomic mass is 35.5. The van der Waals surface area contributed by atoms with Crippen molar-refractivity contribution in [3.8, 4) is 0 Å². The predicted octanol–water partition coefficient (Wildman–Crippen LogP) is 6.11. The molecule has 0 fully saturated rings. The predicted molar refractivity (Wildman–Crippen MR) is 96.6 cm³/mol. The van der Waals surface area contributed by atoms with Crippen molar-refractivity contribution >= 4 is 23.2 Å². The summed E-state index contributed by atoms with van der Waals surface area (Å²) in [4.78, 5) is 7.94. The Morgan fingerprint density at radius 3 is 2.41 bits per heavy atom. The monoisotopic (exact) mass is 412 g/mol. The average Bonchev–Trinajstić information content (AvgIpc) is 2.64. The molecular weight excluding hydrogens is 400 g/mol. The van der Waals surface area contributed by atoms with Crippen LogP contribution in [-0.2, 0) is 17.5 Å². The van der Waals surface area contributed by atoms with Gasteiger partial charge in [-0.2, -0.15) is 13.2 Å². The van der Waals surface area contributed by atoms with Crippen molar-refractivity contribution in [2.24, 2.45) is 0 Å². The molecule has 0 aliphatic heterocycles. The number of benzene rings is 2. The van der Waals surface area contributed by atoms with Crippen LogP contribution >= 0.6 is 23.2 Å². The lowest BCUT2D eigenvalue weighted by atomic mass is 10.0. The van der Waals surface area contributed by atoms with E-state index >= 15 is 0 Å². The van der Waals surface area contributed by atoms with Crippen LogP contribution < -0.4 is 0 Å². The van der Waals surface area contributed by atoms with E-state index in [2.05, 4.69) is 9.97 Å². The maximum absolute atomic E-state index is 12.9. The Morgan fingerprint density at radius 2 is 1.74 bits per heavy atom. The maximum Gasteiger partial charge on any atom is 0.416 e. The van der Waals surface area contributed by atoms with Gasteiger partial charge < -0.3 is 4.74 Å². The van der Waals surface area contributed by atoms with Gasteiger partial charge in [-0.1, -0.05) is 41.4 Å². The van der Waals surface area contributed by atoms with E-state index in [0.717, 1.165) is 12.1 Å². The number of ether oxygens (including phenoxy) is 1. The second-order valence-corrected chi connectivity index (χ2v) is 6.57. The number of hydrogen-bond donors (Lipinski definition) is 0. The van der Waals surface area contributed by atoms with Crippen molar-refractivity contribution in [2.45, 2.75) is 18.9 Å². The molecule has 1 aromatic heterocycles. The van der Waals surface area contributed by atoms with E-state index in [1.165, 1.54) is 12.4 Å². The lowest BCUT2D eigenvalue weighted by molar-refractivity contribution is -0.137. The molecule has 8 heteroatoms. The molecule has 0 bridgehead atoms. The molecule has 0 radical (unpaired) electrons. The van der Waals surface area contributed by atoms with Crippen LogP contribution in [0.25, 0.3) is 0 Å². The van der Waals surface area contributed by atoms with E-state index < -0.39 is 17.8 Å². The first-order valence-corrected chi connectivity index (χ1v) is 8.58. The summed E-state index contributed by atoms with van der Waals surface area (Å²) in [5, 5.41) is 0.838. The van der Waals surface area contributed by atoms with Gasteiger partial charge in [0.15, 0.2) is 0 Å². The van der Waals surface area contributed by atoms with E-state index in [-0.39, 0.29) is 6.61 Å². The molecule has 0 N–H and O–H groups in total. The molecule has 1 atom stereocenters. The molecule has 140 valence electrons. The summed E-state index contributed by atoms with van der Waals surface area (Å²) in [6.07, 6.45) is -0.576. The highest BCUT2D eigenvalue weighted by Crippen LogP contribution is 2.34. The van der Waals surface area contributed by atoms with Crippen LogP contribution in [0.2, 0.25) is 10.0 Å². The third-order valence-electron chi connectivity index (χ3n) is 3.80. The summed E-state index contributed by atoms with van der Waals surface area (Å²) < 4.78 is 44.6. The first-order chi connectivity index (χ1) is 12.8. The quantitative estimate of drug-likeness (QED) is 0.507. The Bertz CT molecular complexity index is 920. The second-order valence-electron chi connectivity index (χ2n) is 5.73. The molecule has 0 saturated heterocycles. The molecule has 0 amide bonds. The molecule has 1 heterocycles. The standard InChI is InChI=1S/C19H13Cl2F3N2O/c20-15-4-5-16(17(21)7-15)18(13-8-25-11-26-9-13)27-10-12-2-1-3-14(6-12)19(22,23)24/h1-9,11,18H,10H2. The van der Waals surface area contributed by atoms with Gasteiger partial charge in [0.1, 0.15) is 12.4 Å². The summed E-state index contributed by atoms with van der Waals surface area (Å²) in [7, 11) is 0. The van der Waals surface area contributed by atoms with E-state index in [0.29, 0.717) is 26.7 Å². The van der Waals surface area contributed by atoms with Gasteiger partial charge in [-0.25, -0.2) is 9.97 Å². The van der Waals surface area contributed by atoms with Crippen LogP contribution in [-0.4, -0.2) is 9.97 Å². The van der Waals surface area contributed by atoms with Crippen molar-refractivity contribution in [1.82, 2.24) is 9.97 Å². The fourth-order valence-corrected chi connectivity index (χ4v) is 3.05. The number of rotatable bonds is 5. The largest absolute Gasteiger partial charge is 0.416 e. The summed E-state index contributed by atoms with van der Waals surface area (Å²) in [6.45, 7) is -0.0531. The Hall–Kier alpha value is -2.15. The van der Waals surface area contributed by atoms with Gasteiger partial charge in [0.25, 0.3) is 0 Å². The van der Waals surface area contributed by atoms with E-state index in [1.54, 1.807) is 36.7 Å². The van der Waals surface area contributed by atoms with Crippen LogP contribution in [0.1, 0.15) is 28.4 Å². The van der Waals surface area contributed by atoms with Crippen LogP contribution in [0.5, 0.6) is 0 Å². The third-order valence-corrected chi connectivity index (χ3v) is 4.36. The number of aromatic nitrogens is 2. The van der Waals surface area contributed by atoms with Gasteiger partial charge in [0.05, 0.1) is 12.2 Å². The Balaban J connectivity index is 1.89. The minimum absolute atomic E-state index is 0.0531. The molecular formula is C19H13Cl2F3N2O. The molecule has 3 aromatic rings. The minimum atomic E-state index is -4.41. The van der Waals surface area contributed by atoms with Crippen LogP contribution in [0.15, 0.2) is 61.2 Å². The van der Waals surface area contributed by atoms with E-state index in [4.69, 9.17) is 27.9 Å². The number of hydrogen-bond acceptors (Lipinski definition) is 3. The zero-order valence-corrected chi connectivity index (χ0v) is 15.3. The number of alkyl halides is 3. The smallest absolute Gasteiger partial charge is 0.364 e. The first kappa shape index (κ1) is 19.6. The normalized spacial score (nSPS) is 12.8. The lowest BCUT2D eigenvalue weighted by Gasteiger charge is -2.20. The highest BCUT2D eigenvalue weighted by molar-refractivity contribution is 6.35. The maximum atomic E-state index is 12.9. The van der Waals surface area contributed by atoms with E-state index in [1.807, 2.05) is 0 Å². The molecule has 2 aromatic carbocycles. The average molecular weight is 413 g/mol. The topological polar surface area (TPSA) is 35.0 Å². The summed E-state index contributed by atoms with van der Waals surface area (Å²) in [5.74, 6) is 0. The van der Waals surface area contributed by atoms with Crippen LogP contribution in [0.3, 0.4) is 0 Å². The molecule has 3 nitrogen and oxygen atoms in total. The van der Waals surface area contributed by atoms with Crippen molar-refractivity contribution in [2.75, 3.05) is 0 Å². The summed E-state index contributed by atoms with van der Waals surface area (Å²) in [6, 6.07) is 9.92. The van der Waals surface area contributed by atoms with Gasteiger partial charge in [-0.05, 0) is 29.8 Å². The molecule has 0 aliphatic rings. The fourth-order valence-electron chi connectivity index (χ4n) is 2.54. The first-order valence-electron chi connectivity index (χ1n) is 7.82. The summed E-state index contributed by atoms with van der Waals surface area (Å²) in [5.41, 5.74) is 0.890. The molecule has 0 aliphatic carbocycles. The second kappa shape index (κ2) is 8.25. The van der Waals surface area contributed by atoms with E-state index in [9.17, 15) is 13.2 Å². The zero-order valence-electron chi connectivity index (χ0n) is 13.8.